The summed E-state index contributed by atoms with van der Waals surface area (Å²) in [6, 6.07) is 8.92. The van der Waals surface area contributed by atoms with Gasteiger partial charge in [-0.25, -0.2) is 8.42 Å². The molecule has 0 spiro atoms. The summed E-state index contributed by atoms with van der Waals surface area (Å²) in [5.41, 5.74) is 1.08. The Labute approximate surface area is 211 Å². The summed E-state index contributed by atoms with van der Waals surface area (Å²) in [5, 5.41) is 24.7. The molecule has 1 aliphatic rings. The molecule has 2 unspecified atom stereocenters. The van der Waals surface area contributed by atoms with Crippen LogP contribution in [0.25, 0.3) is 0 Å². The fourth-order valence-corrected chi connectivity index (χ4v) is 7.82. The highest BCUT2D eigenvalue weighted by molar-refractivity contribution is 7.91. The minimum atomic E-state index is -3.99. The molecular weight excluding hydrogens is 510 g/mol. The van der Waals surface area contributed by atoms with E-state index >= 15 is 0 Å². The van der Waals surface area contributed by atoms with Crippen molar-refractivity contribution in [3.05, 3.63) is 46.8 Å². The minimum Gasteiger partial charge on any atom is -0.548 e. The molecular formula is C22H29N5O5S3. The smallest absolute Gasteiger partial charge is 0.256 e. The van der Waals surface area contributed by atoms with Crippen LogP contribution in [0.2, 0.25) is 0 Å². The SMILES string of the molecule is CC(C)(C)[C@@H](N=c1[nH][s+]([O-])nc1Nc1csc(S(=O)(=O)N2CCCC2CO)c1O)c1ccccc1. The predicted octanol–water partition coefficient (Wildman–Crippen LogP) is 3.48. The number of sulfonamides is 1. The molecule has 35 heavy (non-hydrogen) atoms. The zero-order chi connectivity index (χ0) is 25.4. The molecule has 0 saturated carbocycles. The summed E-state index contributed by atoms with van der Waals surface area (Å²) < 4.78 is 46.3. The lowest BCUT2D eigenvalue weighted by Crippen LogP contribution is -2.37. The molecule has 1 fully saturated rings. The third-order valence-electron chi connectivity index (χ3n) is 5.84. The van der Waals surface area contributed by atoms with Crippen LogP contribution < -0.4 is 10.8 Å². The number of rotatable bonds is 7. The molecule has 2 aromatic heterocycles. The van der Waals surface area contributed by atoms with Gasteiger partial charge in [0.1, 0.15) is 0 Å². The molecule has 4 N–H and O–H groups in total. The molecule has 190 valence electrons. The number of hydrogen-bond acceptors (Lipinski definition) is 9. The zero-order valence-electron chi connectivity index (χ0n) is 19.6. The van der Waals surface area contributed by atoms with E-state index < -0.39 is 33.0 Å². The average Bonchev–Trinajstić information content (AvgIpc) is 3.51. The van der Waals surface area contributed by atoms with E-state index in [9.17, 15) is 23.2 Å². The second-order valence-corrected chi connectivity index (χ2v) is 13.3. The Kier molecular flexibility index (Phi) is 7.36. The number of aromatic amines is 1. The Morgan fingerprint density at radius 2 is 2.09 bits per heavy atom. The van der Waals surface area contributed by atoms with Crippen LogP contribution in [-0.2, 0) is 10.0 Å². The Bertz CT molecular complexity index is 1340. The van der Waals surface area contributed by atoms with E-state index in [1.165, 1.54) is 9.69 Å². The highest BCUT2D eigenvalue weighted by Crippen LogP contribution is 2.42. The van der Waals surface area contributed by atoms with Crippen LogP contribution in [-0.4, -0.2) is 55.4 Å². The molecule has 3 atom stereocenters. The monoisotopic (exact) mass is 539 g/mol. The van der Waals surface area contributed by atoms with E-state index in [-0.39, 0.29) is 45.8 Å². The number of hydrogen-bond donors (Lipinski definition) is 4. The normalized spacial score (nSPS) is 19.3. The van der Waals surface area contributed by atoms with Crippen molar-refractivity contribution in [2.75, 3.05) is 18.5 Å². The number of thiophene rings is 1. The van der Waals surface area contributed by atoms with Crippen molar-refractivity contribution in [1.82, 2.24) is 13.1 Å². The van der Waals surface area contributed by atoms with Gasteiger partial charge in [0.25, 0.3) is 10.0 Å². The second-order valence-electron chi connectivity index (χ2n) is 9.45. The van der Waals surface area contributed by atoms with E-state index in [1.807, 2.05) is 51.1 Å². The number of aliphatic hydroxyl groups is 1. The Morgan fingerprint density at radius 3 is 2.74 bits per heavy atom. The van der Waals surface area contributed by atoms with Crippen LogP contribution in [0.3, 0.4) is 0 Å². The fourth-order valence-electron chi connectivity index (χ4n) is 4.13. The molecule has 3 aromatic rings. The largest absolute Gasteiger partial charge is 0.548 e. The Balaban J connectivity index is 1.69. The lowest BCUT2D eigenvalue weighted by molar-refractivity contribution is 0.213. The first-order valence-electron chi connectivity index (χ1n) is 11.1. The summed E-state index contributed by atoms with van der Waals surface area (Å²) in [4.78, 5) is 4.80. The topological polar surface area (TPSA) is 154 Å². The maximum atomic E-state index is 13.1. The number of aromatic hydroxyl groups is 1. The number of anilines is 2. The Hall–Kier alpha value is -2.29. The molecule has 3 heterocycles. The number of nitrogens with zero attached hydrogens (tertiary/aromatic N) is 3. The third kappa shape index (κ3) is 5.29. The zero-order valence-corrected chi connectivity index (χ0v) is 22.1. The van der Waals surface area contributed by atoms with Gasteiger partial charge in [0.05, 0.1) is 18.3 Å². The molecule has 1 saturated heterocycles. The van der Waals surface area contributed by atoms with Crippen molar-refractivity contribution < 1.29 is 23.2 Å². The van der Waals surface area contributed by atoms with Crippen LogP contribution in [0.5, 0.6) is 5.75 Å². The van der Waals surface area contributed by atoms with Gasteiger partial charge in [0.15, 0.2) is 21.1 Å². The van der Waals surface area contributed by atoms with Crippen molar-refractivity contribution in [2.45, 2.75) is 49.9 Å². The first kappa shape index (κ1) is 25.8. The van der Waals surface area contributed by atoms with Gasteiger partial charge in [0, 0.05) is 22.3 Å². The Morgan fingerprint density at radius 1 is 1.37 bits per heavy atom. The van der Waals surface area contributed by atoms with Crippen LogP contribution in [0.1, 0.15) is 45.2 Å². The van der Waals surface area contributed by atoms with Crippen molar-refractivity contribution in [2.24, 2.45) is 10.4 Å². The maximum absolute atomic E-state index is 13.1. The number of aliphatic hydroxyl groups excluding tert-OH is 1. The predicted molar refractivity (Wildman–Crippen MR) is 135 cm³/mol. The van der Waals surface area contributed by atoms with Crippen molar-refractivity contribution >= 4 is 44.0 Å². The molecule has 10 nitrogen and oxygen atoms in total. The lowest BCUT2D eigenvalue weighted by atomic mass is 9.83. The van der Waals surface area contributed by atoms with E-state index in [0.717, 1.165) is 16.9 Å². The molecule has 0 bridgehead atoms. The molecule has 4 rings (SSSR count). The van der Waals surface area contributed by atoms with Crippen LogP contribution in [0, 0.1) is 5.41 Å². The minimum absolute atomic E-state index is 0.118. The van der Waals surface area contributed by atoms with E-state index in [0.29, 0.717) is 12.8 Å². The summed E-state index contributed by atoms with van der Waals surface area (Å²) in [6.45, 7) is 6.15. The van der Waals surface area contributed by atoms with Crippen LogP contribution >= 0.6 is 22.5 Å². The summed E-state index contributed by atoms with van der Waals surface area (Å²) in [7, 11) is -3.99. The van der Waals surface area contributed by atoms with Gasteiger partial charge in [-0.15, -0.1) is 15.7 Å². The van der Waals surface area contributed by atoms with Crippen molar-refractivity contribution in [3.63, 3.8) is 0 Å². The first-order chi connectivity index (χ1) is 16.5. The molecule has 0 radical (unpaired) electrons. The fraction of sp³-hybridized carbons (Fsp3) is 0.455. The molecule has 0 amide bonds. The quantitative estimate of drug-likeness (QED) is 0.335. The highest BCUT2D eigenvalue weighted by atomic mass is 32.2. The summed E-state index contributed by atoms with van der Waals surface area (Å²) in [5.74, 6) is -0.311. The van der Waals surface area contributed by atoms with Gasteiger partial charge in [-0.1, -0.05) is 51.1 Å². The molecule has 1 aromatic carbocycles. The van der Waals surface area contributed by atoms with E-state index in [1.54, 1.807) is 0 Å². The standard InChI is InChI=1S/C22H29N5O5S3/c1-22(2,3)18(14-8-5-4-6-9-14)24-20-19(25-34(30)26-20)23-16-13-33-21(17(16)29)35(31,32)27-11-7-10-15(27)12-28/h4-6,8-9,13,15,18,28-29H,7,10-12H2,1-3H3,(H,23,25)(H,24,26)/t15?,18-,34?/m0/s1. The van der Waals surface area contributed by atoms with Gasteiger partial charge in [-0.2, -0.15) is 4.31 Å². The number of H-pyrrole nitrogens is 1. The van der Waals surface area contributed by atoms with Gasteiger partial charge in [0.2, 0.25) is 11.3 Å². The lowest BCUT2D eigenvalue weighted by Gasteiger charge is -2.27. The average molecular weight is 540 g/mol. The molecule has 13 heteroatoms. The summed E-state index contributed by atoms with van der Waals surface area (Å²) in [6.07, 6.45) is 1.21. The van der Waals surface area contributed by atoms with E-state index in [4.69, 9.17) is 4.99 Å². The highest BCUT2D eigenvalue weighted by Gasteiger charge is 2.38. The molecule has 0 aliphatic carbocycles. The maximum Gasteiger partial charge on any atom is 0.256 e. The van der Waals surface area contributed by atoms with Crippen LogP contribution in [0.15, 0.2) is 44.9 Å². The first-order valence-corrected chi connectivity index (χ1v) is 14.6. The molecule has 1 aliphatic heterocycles. The van der Waals surface area contributed by atoms with E-state index in [2.05, 4.69) is 14.1 Å². The number of benzene rings is 1. The summed E-state index contributed by atoms with van der Waals surface area (Å²) >= 11 is -0.901. The van der Waals surface area contributed by atoms with Gasteiger partial charge in [-0.05, 0) is 23.8 Å². The van der Waals surface area contributed by atoms with Crippen molar-refractivity contribution in [3.8, 4) is 5.75 Å². The van der Waals surface area contributed by atoms with Gasteiger partial charge >= 0.3 is 0 Å². The van der Waals surface area contributed by atoms with Crippen molar-refractivity contribution in [1.29, 1.82) is 0 Å². The van der Waals surface area contributed by atoms with Gasteiger partial charge in [-0.3, -0.25) is 4.99 Å². The van der Waals surface area contributed by atoms with Crippen LogP contribution in [0.4, 0.5) is 11.5 Å². The van der Waals surface area contributed by atoms with Gasteiger partial charge < -0.3 is 20.1 Å². The third-order valence-corrected chi connectivity index (χ3v) is 10.00. The second kappa shape index (κ2) is 9.99. The number of nitrogens with one attached hydrogen (secondary N) is 2. The number of aromatic nitrogens is 2.